The summed E-state index contributed by atoms with van der Waals surface area (Å²) in [6.45, 7) is 6.10. The molecule has 7 nitrogen and oxygen atoms in total. The van der Waals surface area contributed by atoms with Crippen molar-refractivity contribution in [2.75, 3.05) is 13.7 Å². The third kappa shape index (κ3) is 4.63. The summed E-state index contributed by atoms with van der Waals surface area (Å²) < 4.78 is 22.4. The van der Waals surface area contributed by atoms with E-state index in [4.69, 9.17) is 18.9 Å². The number of fused-ring (bicyclic) bond motifs is 3. The predicted octanol–water partition coefficient (Wildman–Crippen LogP) is 5.49. The van der Waals surface area contributed by atoms with E-state index in [1.54, 1.807) is 42.5 Å². The number of ketones is 1. The minimum absolute atomic E-state index is 0.0719. The van der Waals surface area contributed by atoms with Crippen molar-refractivity contribution in [3.63, 3.8) is 0 Å². The van der Waals surface area contributed by atoms with Crippen molar-refractivity contribution in [3.05, 3.63) is 106 Å². The van der Waals surface area contributed by atoms with Gasteiger partial charge in [-0.3, -0.25) is 9.59 Å². The Morgan fingerprint density at radius 2 is 1.81 bits per heavy atom. The number of para-hydroxylation sites is 1. The number of benzene rings is 3. The Morgan fingerprint density at radius 3 is 2.54 bits per heavy atom. The smallest absolute Gasteiger partial charge is 0.337 e. The van der Waals surface area contributed by atoms with Gasteiger partial charge in [-0.05, 0) is 54.5 Å². The van der Waals surface area contributed by atoms with Crippen LogP contribution in [0.1, 0.15) is 56.7 Å². The highest BCUT2D eigenvalue weighted by Crippen LogP contribution is 2.50. The Labute approximate surface area is 213 Å². The molecule has 0 aliphatic carbocycles. The summed E-state index contributed by atoms with van der Waals surface area (Å²) in [5, 5.41) is 0. The molecule has 0 aromatic heterocycles. The van der Waals surface area contributed by atoms with Crippen molar-refractivity contribution < 1.29 is 33.3 Å². The number of methoxy groups -OCH3 is 1. The zero-order valence-corrected chi connectivity index (χ0v) is 20.4. The highest BCUT2D eigenvalue weighted by atomic mass is 16.5. The molecule has 7 heteroatoms. The zero-order valence-electron chi connectivity index (χ0n) is 20.4. The predicted molar refractivity (Wildman–Crippen MR) is 136 cm³/mol. The molecule has 3 aromatic rings. The van der Waals surface area contributed by atoms with E-state index in [-0.39, 0.29) is 23.9 Å². The average Bonchev–Trinajstić information content (AvgIpc) is 3.21. The number of allylic oxidation sites excluding steroid dienone is 1. The monoisotopic (exact) mass is 496 g/mol. The molecule has 0 amide bonds. The molecule has 1 atom stereocenters. The van der Waals surface area contributed by atoms with Gasteiger partial charge in [0.2, 0.25) is 5.78 Å². The van der Waals surface area contributed by atoms with Gasteiger partial charge in [0.25, 0.3) is 0 Å². The molecule has 0 fully saturated rings. The molecule has 0 spiro atoms. The van der Waals surface area contributed by atoms with Gasteiger partial charge in [-0.1, -0.05) is 36.9 Å². The summed E-state index contributed by atoms with van der Waals surface area (Å²) in [5.74, 6) is -0.0525. The van der Waals surface area contributed by atoms with Crippen molar-refractivity contribution in [2.45, 2.75) is 19.3 Å². The fourth-order valence-corrected chi connectivity index (χ4v) is 4.46. The quantitative estimate of drug-likeness (QED) is 0.193. The molecule has 3 aromatic carbocycles. The second kappa shape index (κ2) is 9.78. The highest BCUT2D eigenvalue weighted by Gasteiger charge is 2.39. The van der Waals surface area contributed by atoms with E-state index in [1.165, 1.54) is 7.11 Å². The summed E-state index contributed by atoms with van der Waals surface area (Å²) in [4.78, 5) is 37.5. The lowest BCUT2D eigenvalue weighted by molar-refractivity contribution is -0.135. The summed E-state index contributed by atoms with van der Waals surface area (Å²) in [5.41, 5.74) is 3.75. The molecule has 0 N–H and O–H groups in total. The van der Waals surface area contributed by atoms with Crippen LogP contribution in [-0.4, -0.2) is 31.4 Å². The van der Waals surface area contributed by atoms with E-state index in [0.29, 0.717) is 46.1 Å². The molecule has 2 aliphatic rings. The molecule has 0 radical (unpaired) electrons. The Balaban J connectivity index is 1.54. The normalized spacial score (nSPS) is 16.9. The molecule has 0 saturated heterocycles. The number of Topliss-reactive ketones (excluding diaryl/α,β-unsaturated/α-hetero) is 1. The number of ether oxygens (including phenoxy) is 4. The van der Waals surface area contributed by atoms with Crippen LogP contribution < -0.4 is 14.2 Å². The van der Waals surface area contributed by atoms with E-state index in [9.17, 15) is 14.4 Å². The van der Waals surface area contributed by atoms with Gasteiger partial charge in [-0.2, -0.15) is 0 Å². The molecule has 2 heterocycles. The fraction of sp³-hybridized carbons (Fsp3) is 0.167. The largest absolute Gasteiger partial charge is 0.489 e. The minimum Gasteiger partial charge on any atom is -0.489 e. The van der Waals surface area contributed by atoms with E-state index in [0.717, 1.165) is 11.1 Å². The van der Waals surface area contributed by atoms with Crippen LogP contribution in [0.2, 0.25) is 0 Å². The first kappa shape index (κ1) is 24.1. The van der Waals surface area contributed by atoms with Crippen LogP contribution in [0.4, 0.5) is 0 Å². The molecule has 186 valence electrons. The molecule has 0 unspecified atom stereocenters. The van der Waals surface area contributed by atoms with Gasteiger partial charge < -0.3 is 18.9 Å². The van der Waals surface area contributed by atoms with Crippen LogP contribution in [-0.2, 0) is 9.53 Å². The number of hydrogen-bond acceptors (Lipinski definition) is 7. The zero-order chi connectivity index (χ0) is 26.1. The lowest BCUT2D eigenvalue weighted by atomic mass is 9.84. The van der Waals surface area contributed by atoms with Gasteiger partial charge >= 0.3 is 11.9 Å². The second-order valence-electron chi connectivity index (χ2n) is 8.92. The average molecular weight is 497 g/mol. The Kier molecular flexibility index (Phi) is 6.36. The maximum absolute atomic E-state index is 13.3. The minimum atomic E-state index is -0.445. The number of carbonyl (C=O) groups is 3. The topological polar surface area (TPSA) is 88.1 Å². The third-order valence-corrected chi connectivity index (χ3v) is 6.18. The van der Waals surface area contributed by atoms with Gasteiger partial charge in [0, 0.05) is 17.0 Å². The Morgan fingerprint density at radius 1 is 1.05 bits per heavy atom. The fourth-order valence-electron chi connectivity index (χ4n) is 4.46. The van der Waals surface area contributed by atoms with Crippen LogP contribution >= 0.6 is 0 Å². The number of hydrogen-bond donors (Lipinski definition) is 0. The van der Waals surface area contributed by atoms with Crippen molar-refractivity contribution in [3.8, 4) is 17.2 Å². The molecule has 0 saturated carbocycles. The van der Waals surface area contributed by atoms with E-state index in [1.807, 2.05) is 31.2 Å². The lowest BCUT2D eigenvalue weighted by Crippen LogP contribution is -2.22. The summed E-state index contributed by atoms with van der Waals surface area (Å²) in [7, 11) is 1.32. The summed E-state index contributed by atoms with van der Waals surface area (Å²) >= 11 is 0. The van der Waals surface area contributed by atoms with Crippen LogP contribution in [0, 0.1) is 0 Å². The lowest BCUT2D eigenvalue weighted by Gasteiger charge is -2.27. The molecule has 0 bridgehead atoms. The van der Waals surface area contributed by atoms with Crippen LogP contribution in [0.5, 0.6) is 17.2 Å². The van der Waals surface area contributed by atoms with Gasteiger partial charge in [0.1, 0.15) is 23.9 Å². The highest BCUT2D eigenvalue weighted by molar-refractivity contribution is 6.15. The van der Waals surface area contributed by atoms with Gasteiger partial charge in [-0.15, -0.1) is 0 Å². The first-order valence-electron chi connectivity index (χ1n) is 11.7. The van der Waals surface area contributed by atoms with Crippen molar-refractivity contribution in [1.29, 1.82) is 0 Å². The summed E-state index contributed by atoms with van der Waals surface area (Å²) in [6, 6.07) is 17.4. The molecular formula is C30H24O7. The second-order valence-corrected chi connectivity index (χ2v) is 8.92. The maximum Gasteiger partial charge on any atom is 0.337 e. The molecular weight excluding hydrogens is 472 g/mol. The van der Waals surface area contributed by atoms with Crippen molar-refractivity contribution in [1.82, 2.24) is 0 Å². The van der Waals surface area contributed by atoms with E-state index >= 15 is 0 Å². The van der Waals surface area contributed by atoms with E-state index in [2.05, 4.69) is 6.58 Å². The van der Waals surface area contributed by atoms with Gasteiger partial charge in [-0.25, -0.2) is 4.79 Å². The standard InChI is InChI=1S/C30H24O7/c1-17(2)16-35-23-7-5-4-6-20(23)22-15-26(31)36-24-13-12-21-28(32)25(37-29(21)27(22)24)14-18-8-10-19(11-9-18)30(33)34-3/h4-14,22H,1,15-16H2,2-3H3/b25-14-/t22-/m1/s1. The van der Waals surface area contributed by atoms with Gasteiger partial charge in [0.15, 0.2) is 5.76 Å². The van der Waals surface area contributed by atoms with E-state index < -0.39 is 11.9 Å². The Bertz CT molecular complexity index is 1460. The molecule has 37 heavy (non-hydrogen) atoms. The summed E-state index contributed by atoms with van der Waals surface area (Å²) in [6.07, 6.45) is 1.69. The molecule has 5 rings (SSSR count). The maximum atomic E-state index is 13.3. The molecule has 2 aliphatic heterocycles. The van der Waals surface area contributed by atoms with Crippen LogP contribution in [0.15, 0.2) is 78.6 Å². The number of carbonyl (C=O) groups excluding carboxylic acids is 3. The van der Waals surface area contributed by atoms with Crippen LogP contribution in [0.25, 0.3) is 6.08 Å². The Hall–Kier alpha value is -4.65. The van der Waals surface area contributed by atoms with Crippen molar-refractivity contribution >= 4 is 23.8 Å². The number of esters is 2. The first-order chi connectivity index (χ1) is 17.9. The number of rotatable bonds is 6. The van der Waals surface area contributed by atoms with Gasteiger partial charge in [0.05, 0.1) is 24.7 Å². The van der Waals surface area contributed by atoms with Crippen LogP contribution in [0.3, 0.4) is 0 Å². The SMILES string of the molecule is C=C(C)COc1ccccc1[C@H]1CC(=O)Oc2ccc3c(c21)O/C(=C\c1ccc(C(=O)OC)cc1)C3=O. The van der Waals surface area contributed by atoms with Crippen molar-refractivity contribution in [2.24, 2.45) is 0 Å². The third-order valence-electron chi connectivity index (χ3n) is 6.18. The first-order valence-corrected chi connectivity index (χ1v) is 11.7.